The van der Waals surface area contributed by atoms with Gasteiger partial charge in [0.05, 0.1) is 11.5 Å². The minimum Gasteiger partial charge on any atom is -0.415 e. The van der Waals surface area contributed by atoms with Gasteiger partial charge in [-0.15, -0.1) is 10.2 Å². The molecule has 7 nitrogen and oxygen atoms in total. The van der Waals surface area contributed by atoms with E-state index in [1.54, 1.807) is 4.90 Å². The summed E-state index contributed by atoms with van der Waals surface area (Å²) in [5.41, 5.74) is 3.45. The molecule has 9 heteroatoms. The highest BCUT2D eigenvalue weighted by Crippen LogP contribution is 2.28. The molecule has 0 atom stereocenters. The minimum atomic E-state index is -0.0786. The summed E-state index contributed by atoms with van der Waals surface area (Å²) in [6.07, 6.45) is 0. The molecule has 0 saturated heterocycles. The summed E-state index contributed by atoms with van der Waals surface area (Å²) in [5.74, 6) is 1.02. The molecule has 2 aromatic heterocycles. The molecule has 32 heavy (non-hydrogen) atoms. The van der Waals surface area contributed by atoms with Crippen LogP contribution in [-0.4, -0.2) is 31.8 Å². The summed E-state index contributed by atoms with van der Waals surface area (Å²) in [6, 6.07) is 21.1. The van der Waals surface area contributed by atoms with E-state index in [-0.39, 0.29) is 11.7 Å². The van der Waals surface area contributed by atoms with Crippen LogP contribution in [0.1, 0.15) is 17.3 Å². The molecular weight excluding hydrogens is 442 g/mol. The summed E-state index contributed by atoms with van der Waals surface area (Å²) >= 11 is 2.66. The Morgan fingerprint density at radius 1 is 0.875 bits per heavy atom. The first kappa shape index (κ1) is 22.0. The fourth-order valence-corrected chi connectivity index (χ4v) is 4.43. The number of aromatic nitrogens is 4. The third-order valence-corrected chi connectivity index (χ3v) is 5.97. The van der Waals surface area contributed by atoms with E-state index in [0.717, 1.165) is 22.8 Å². The fraction of sp³-hybridized carbons (Fsp3) is 0.174. The molecule has 0 spiro atoms. The molecule has 162 valence electrons. The number of nitrogens with zero attached hydrogens (tertiary/aromatic N) is 5. The molecule has 1 amide bonds. The lowest BCUT2D eigenvalue weighted by Crippen LogP contribution is -2.27. The maximum atomic E-state index is 13.1. The summed E-state index contributed by atoms with van der Waals surface area (Å²) < 4.78 is 5.70. The van der Waals surface area contributed by atoms with Crippen LogP contribution < -0.4 is 4.90 Å². The first-order valence-corrected chi connectivity index (χ1v) is 11.9. The normalized spacial score (nSPS) is 10.8. The maximum Gasteiger partial charge on any atom is 0.277 e. The van der Waals surface area contributed by atoms with Crippen molar-refractivity contribution in [3.8, 4) is 0 Å². The van der Waals surface area contributed by atoms with E-state index in [0.29, 0.717) is 22.0 Å². The Morgan fingerprint density at radius 3 is 2.06 bits per heavy atom. The third-order valence-electron chi connectivity index (χ3n) is 4.33. The lowest BCUT2D eigenvalue weighted by molar-refractivity contribution is -0.115. The molecule has 0 radical (unpaired) electrons. The highest BCUT2D eigenvalue weighted by Gasteiger charge is 2.19. The second kappa shape index (κ2) is 10.4. The quantitative estimate of drug-likeness (QED) is 0.260. The van der Waals surface area contributed by atoms with Crippen molar-refractivity contribution in [2.24, 2.45) is 0 Å². The van der Waals surface area contributed by atoms with Gasteiger partial charge in [-0.2, -0.15) is 0 Å². The Morgan fingerprint density at radius 2 is 1.47 bits per heavy atom. The first-order valence-electron chi connectivity index (χ1n) is 9.92. The molecule has 4 rings (SSSR count). The Balaban J connectivity index is 1.39. The zero-order valence-corrected chi connectivity index (χ0v) is 19.3. The SMILES string of the molecule is Cc1cc(C)nc(SCc2nnc(SCC(=O)N(c3ccccc3)c3ccccc3)o2)n1. The van der Waals surface area contributed by atoms with Crippen LogP contribution in [0.4, 0.5) is 11.4 Å². The van der Waals surface area contributed by atoms with Crippen LogP contribution in [-0.2, 0) is 10.5 Å². The van der Waals surface area contributed by atoms with Gasteiger partial charge in [-0.05, 0) is 44.2 Å². The molecule has 0 fully saturated rings. The molecule has 0 unspecified atom stereocenters. The van der Waals surface area contributed by atoms with Crippen LogP contribution in [0, 0.1) is 13.8 Å². The van der Waals surface area contributed by atoms with E-state index in [1.165, 1.54) is 23.5 Å². The largest absolute Gasteiger partial charge is 0.415 e. The fourth-order valence-electron chi connectivity index (χ4n) is 3.02. The standard InChI is InChI=1S/C23H21N5O2S2/c1-16-13-17(2)25-22(24-16)31-14-20-26-27-23(30-20)32-15-21(29)28(18-9-5-3-6-10-18)19-11-7-4-8-12-19/h3-13H,14-15H2,1-2H3. The lowest BCUT2D eigenvalue weighted by Gasteiger charge is -2.22. The van der Waals surface area contributed by atoms with Gasteiger partial charge in [-0.25, -0.2) is 9.97 Å². The predicted octanol–water partition coefficient (Wildman–Crippen LogP) is 5.23. The molecule has 0 saturated carbocycles. The predicted molar refractivity (Wildman–Crippen MR) is 126 cm³/mol. The van der Waals surface area contributed by atoms with Gasteiger partial charge in [0, 0.05) is 22.8 Å². The van der Waals surface area contributed by atoms with Crippen LogP contribution in [0.15, 0.2) is 81.5 Å². The van der Waals surface area contributed by atoms with Crippen molar-refractivity contribution in [2.45, 2.75) is 30.0 Å². The maximum absolute atomic E-state index is 13.1. The highest BCUT2D eigenvalue weighted by molar-refractivity contribution is 7.99. The van der Waals surface area contributed by atoms with Crippen LogP contribution in [0.5, 0.6) is 0 Å². The number of benzene rings is 2. The molecule has 0 N–H and O–H groups in total. The highest BCUT2D eigenvalue weighted by atomic mass is 32.2. The number of hydrogen-bond donors (Lipinski definition) is 0. The van der Waals surface area contributed by atoms with Gasteiger partial charge in [0.15, 0.2) is 5.16 Å². The van der Waals surface area contributed by atoms with Gasteiger partial charge in [-0.1, -0.05) is 59.9 Å². The zero-order chi connectivity index (χ0) is 22.3. The van der Waals surface area contributed by atoms with Gasteiger partial charge < -0.3 is 4.42 Å². The summed E-state index contributed by atoms with van der Waals surface area (Å²) in [4.78, 5) is 23.6. The van der Waals surface area contributed by atoms with Crippen LogP contribution in [0.25, 0.3) is 0 Å². The van der Waals surface area contributed by atoms with Crippen LogP contribution in [0.3, 0.4) is 0 Å². The van der Waals surface area contributed by atoms with Gasteiger partial charge in [-0.3, -0.25) is 9.69 Å². The first-order chi connectivity index (χ1) is 15.6. The molecule has 0 aliphatic rings. The Hall–Kier alpha value is -3.17. The number of para-hydroxylation sites is 2. The van der Waals surface area contributed by atoms with Crippen LogP contribution >= 0.6 is 23.5 Å². The Kier molecular flexibility index (Phi) is 7.18. The number of carbonyl (C=O) groups is 1. The summed E-state index contributed by atoms with van der Waals surface area (Å²) in [5, 5.41) is 9.17. The van der Waals surface area contributed by atoms with Crippen molar-refractivity contribution in [1.29, 1.82) is 0 Å². The van der Waals surface area contributed by atoms with E-state index in [2.05, 4.69) is 20.2 Å². The van der Waals surface area contributed by atoms with E-state index < -0.39 is 0 Å². The van der Waals surface area contributed by atoms with Crippen molar-refractivity contribution >= 4 is 40.8 Å². The van der Waals surface area contributed by atoms with E-state index in [1.807, 2.05) is 80.6 Å². The van der Waals surface area contributed by atoms with E-state index in [4.69, 9.17) is 4.42 Å². The molecule has 0 aliphatic heterocycles. The van der Waals surface area contributed by atoms with Crippen LogP contribution in [0.2, 0.25) is 0 Å². The van der Waals surface area contributed by atoms with Crippen molar-refractivity contribution in [3.05, 3.63) is 84.0 Å². The Bertz CT molecular complexity index is 1130. The zero-order valence-electron chi connectivity index (χ0n) is 17.6. The van der Waals surface area contributed by atoms with Gasteiger partial charge in [0.1, 0.15) is 0 Å². The Labute approximate surface area is 194 Å². The number of anilines is 2. The van der Waals surface area contributed by atoms with Gasteiger partial charge >= 0.3 is 0 Å². The summed E-state index contributed by atoms with van der Waals surface area (Å²) in [6.45, 7) is 3.87. The average molecular weight is 464 g/mol. The lowest BCUT2D eigenvalue weighted by atomic mass is 10.2. The van der Waals surface area contributed by atoms with Crippen molar-refractivity contribution in [1.82, 2.24) is 20.2 Å². The minimum absolute atomic E-state index is 0.0786. The topological polar surface area (TPSA) is 85.0 Å². The number of amides is 1. The molecule has 4 aromatic rings. The molecule has 0 bridgehead atoms. The second-order valence-corrected chi connectivity index (χ2v) is 8.74. The summed E-state index contributed by atoms with van der Waals surface area (Å²) in [7, 11) is 0. The number of rotatable bonds is 8. The molecule has 2 heterocycles. The smallest absolute Gasteiger partial charge is 0.277 e. The number of aryl methyl sites for hydroxylation is 2. The number of carbonyl (C=O) groups excluding carboxylic acids is 1. The van der Waals surface area contributed by atoms with E-state index >= 15 is 0 Å². The third kappa shape index (κ3) is 5.74. The number of hydrogen-bond acceptors (Lipinski definition) is 8. The van der Waals surface area contributed by atoms with Crippen molar-refractivity contribution in [2.75, 3.05) is 10.7 Å². The van der Waals surface area contributed by atoms with Gasteiger partial charge in [0.2, 0.25) is 11.8 Å². The number of thioether (sulfide) groups is 2. The van der Waals surface area contributed by atoms with E-state index in [9.17, 15) is 4.79 Å². The van der Waals surface area contributed by atoms with Gasteiger partial charge in [0.25, 0.3) is 5.22 Å². The molecule has 2 aromatic carbocycles. The monoisotopic (exact) mass is 463 g/mol. The molecule has 0 aliphatic carbocycles. The molecular formula is C23H21N5O2S2. The second-order valence-electron chi connectivity index (χ2n) is 6.87. The van der Waals surface area contributed by atoms with Crippen molar-refractivity contribution < 1.29 is 9.21 Å². The van der Waals surface area contributed by atoms with Crippen molar-refractivity contribution in [3.63, 3.8) is 0 Å². The average Bonchev–Trinajstić information content (AvgIpc) is 3.25.